The number of halogens is 1. The van der Waals surface area contributed by atoms with E-state index in [0.717, 1.165) is 16.9 Å². The molecule has 2 nitrogen and oxygen atoms in total. The first-order valence-corrected chi connectivity index (χ1v) is 5.71. The Morgan fingerprint density at radius 1 is 1.31 bits per heavy atom. The highest BCUT2D eigenvalue weighted by Crippen LogP contribution is 2.38. The van der Waals surface area contributed by atoms with E-state index in [-0.39, 0.29) is 5.41 Å². The Morgan fingerprint density at radius 2 is 1.88 bits per heavy atom. The van der Waals surface area contributed by atoms with Crippen molar-refractivity contribution in [3.8, 4) is 5.75 Å². The Labute approximate surface area is 102 Å². The van der Waals surface area contributed by atoms with Gasteiger partial charge in [-0.2, -0.15) is 0 Å². The molecule has 0 aromatic heterocycles. The third-order valence-corrected chi connectivity index (χ3v) is 2.76. The highest BCUT2D eigenvalue weighted by molar-refractivity contribution is 6.30. The predicted octanol–water partition coefficient (Wildman–Crippen LogP) is 3.70. The summed E-state index contributed by atoms with van der Waals surface area (Å²) in [5.74, 6) is 0.729. The molecule has 0 aliphatic heterocycles. The molecule has 0 saturated heterocycles. The summed E-state index contributed by atoms with van der Waals surface area (Å²) in [7, 11) is 1.62. The zero-order valence-electron chi connectivity index (χ0n) is 10.5. The van der Waals surface area contributed by atoms with Gasteiger partial charge >= 0.3 is 0 Å². The Hall–Kier alpha value is -0.730. The van der Waals surface area contributed by atoms with Crippen LogP contribution >= 0.6 is 11.6 Å². The van der Waals surface area contributed by atoms with E-state index in [1.807, 2.05) is 6.07 Å². The van der Waals surface area contributed by atoms with Gasteiger partial charge in [-0.1, -0.05) is 32.4 Å². The van der Waals surface area contributed by atoms with Crippen molar-refractivity contribution in [2.45, 2.75) is 39.2 Å². The fourth-order valence-electron chi connectivity index (χ4n) is 1.71. The number of rotatable bonds is 2. The largest absolute Gasteiger partial charge is 0.496 e. The van der Waals surface area contributed by atoms with Crippen LogP contribution in [0, 0.1) is 0 Å². The van der Waals surface area contributed by atoms with E-state index in [4.69, 9.17) is 16.3 Å². The van der Waals surface area contributed by atoms with Crippen LogP contribution < -0.4 is 4.74 Å². The summed E-state index contributed by atoms with van der Waals surface area (Å²) in [6, 6.07) is 3.65. The maximum Gasteiger partial charge on any atom is 0.128 e. The molecular weight excluding hydrogens is 224 g/mol. The Balaban J connectivity index is 3.49. The molecule has 0 aliphatic carbocycles. The van der Waals surface area contributed by atoms with Gasteiger partial charge in [0.1, 0.15) is 5.75 Å². The smallest absolute Gasteiger partial charge is 0.128 e. The van der Waals surface area contributed by atoms with Gasteiger partial charge in [-0.3, -0.25) is 0 Å². The minimum Gasteiger partial charge on any atom is -0.496 e. The van der Waals surface area contributed by atoms with Crippen LogP contribution in [0.1, 0.15) is 44.9 Å². The number of aliphatic hydroxyl groups excluding tert-OH is 1. The van der Waals surface area contributed by atoms with Gasteiger partial charge in [0.25, 0.3) is 0 Å². The Kier molecular flexibility index (Phi) is 3.87. The number of methoxy groups -OCH3 is 1. The number of hydrogen-bond acceptors (Lipinski definition) is 2. The van der Waals surface area contributed by atoms with Crippen LogP contribution in [0.5, 0.6) is 5.75 Å². The minimum absolute atomic E-state index is 0.0696. The van der Waals surface area contributed by atoms with E-state index < -0.39 is 6.10 Å². The second-order valence-electron chi connectivity index (χ2n) is 5.00. The predicted molar refractivity (Wildman–Crippen MR) is 67.3 cm³/mol. The van der Waals surface area contributed by atoms with Crippen LogP contribution in [-0.2, 0) is 5.41 Å². The van der Waals surface area contributed by atoms with Gasteiger partial charge in [0.05, 0.1) is 13.2 Å². The maximum atomic E-state index is 9.71. The molecule has 0 saturated carbocycles. The molecule has 0 aliphatic rings. The van der Waals surface area contributed by atoms with Gasteiger partial charge in [0.15, 0.2) is 0 Å². The van der Waals surface area contributed by atoms with E-state index in [2.05, 4.69) is 20.8 Å². The summed E-state index contributed by atoms with van der Waals surface area (Å²) in [6.45, 7) is 7.98. The normalized spacial score (nSPS) is 13.7. The lowest BCUT2D eigenvalue weighted by Gasteiger charge is -2.25. The number of aliphatic hydroxyl groups is 1. The highest BCUT2D eigenvalue weighted by atomic mass is 35.5. The van der Waals surface area contributed by atoms with Gasteiger partial charge in [-0.05, 0) is 24.5 Å². The second-order valence-corrected chi connectivity index (χ2v) is 5.44. The summed E-state index contributed by atoms with van der Waals surface area (Å²) in [5, 5.41) is 10.3. The third kappa shape index (κ3) is 2.69. The molecule has 1 aromatic rings. The van der Waals surface area contributed by atoms with E-state index in [0.29, 0.717) is 5.02 Å². The zero-order chi connectivity index (χ0) is 12.5. The maximum absolute atomic E-state index is 9.71. The molecule has 1 N–H and O–H groups in total. The lowest BCUT2D eigenvalue weighted by molar-refractivity contribution is 0.193. The van der Waals surface area contributed by atoms with Gasteiger partial charge in [0.2, 0.25) is 0 Å². The standard InChI is InChI=1S/C13H19ClO2/c1-8(15)10-6-9(14)7-11(12(10)16-5)13(2,3)4/h6-8,15H,1-5H3. The number of benzene rings is 1. The summed E-state index contributed by atoms with van der Waals surface area (Å²) in [6.07, 6.45) is -0.588. The number of ether oxygens (including phenoxy) is 1. The van der Waals surface area contributed by atoms with Crippen LogP contribution in [0.4, 0.5) is 0 Å². The van der Waals surface area contributed by atoms with Gasteiger partial charge in [-0.25, -0.2) is 0 Å². The molecule has 0 spiro atoms. The van der Waals surface area contributed by atoms with Crippen molar-refractivity contribution in [3.05, 3.63) is 28.3 Å². The summed E-state index contributed by atoms with van der Waals surface area (Å²) >= 11 is 6.06. The molecule has 0 radical (unpaired) electrons. The molecule has 0 amide bonds. The van der Waals surface area contributed by atoms with E-state index in [1.165, 1.54) is 0 Å². The lowest BCUT2D eigenvalue weighted by atomic mass is 9.84. The minimum atomic E-state index is -0.588. The molecule has 16 heavy (non-hydrogen) atoms. The summed E-state index contributed by atoms with van der Waals surface area (Å²) < 4.78 is 5.40. The Morgan fingerprint density at radius 3 is 2.25 bits per heavy atom. The van der Waals surface area contributed by atoms with Crippen molar-refractivity contribution in [2.75, 3.05) is 7.11 Å². The fourth-order valence-corrected chi connectivity index (χ4v) is 1.94. The van der Waals surface area contributed by atoms with Crippen molar-refractivity contribution in [2.24, 2.45) is 0 Å². The highest BCUT2D eigenvalue weighted by Gasteiger charge is 2.23. The van der Waals surface area contributed by atoms with Gasteiger partial charge in [-0.15, -0.1) is 0 Å². The molecule has 90 valence electrons. The van der Waals surface area contributed by atoms with Crippen molar-refractivity contribution >= 4 is 11.6 Å². The zero-order valence-corrected chi connectivity index (χ0v) is 11.2. The van der Waals surface area contributed by atoms with Gasteiger partial charge in [0, 0.05) is 16.1 Å². The molecule has 1 aromatic carbocycles. The summed E-state index contributed by atoms with van der Waals surface area (Å²) in [5.41, 5.74) is 1.68. The summed E-state index contributed by atoms with van der Waals surface area (Å²) in [4.78, 5) is 0. The van der Waals surface area contributed by atoms with Crippen LogP contribution in [0.2, 0.25) is 5.02 Å². The third-order valence-electron chi connectivity index (χ3n) is 2.54. The van der Waals surface area contributed by atoms with Gasteiger partial charge < -0.3 is 9.84 Å². The van der Waals surface area contributed by atoms with E-state index in [9.17, 15) is 5.11 Å². The van der Waals surface area contributed by atoms with Crippen LogP contribution in [0.3, 0.4) is 0 Å². The first-order chi connectivity index (χ1) is 7.27. The molecule has 3 heteroatoms. The molecule has 1 rings (SSSR count). The first kappa shape index (κ1) is 13.3. The molecule has 1 unspecified atom stereocenters. The molecule has 1 atom stereocenters. The average molecular weight is 243 g/mol. The Bertz CT molecular complexity index is 378. The first-order valence-electron chi connectivity index (χ1n) is 5.33. The van der Waals surface area contributed by atoms with Crippen molar-refractivity contribution in [3.63, 3.8) is 0 Å². The van der Waals surface area contributed by atoms with Crippen LogP contribution in [-0.4, -0.2) is 12.2 Å². The number of hydrogen-bond donors (Lipinski definition) is 1. The SMILES string of the molecule is COc1c(C(C)O)cc(Cl)cc1C(C)(C)C. The topological polar surface area (TPSA) is 29.5 Å². The monoisotopic (exact) mass is 242 g/mol. The average Bonchev–Trinajstić information content (AvgIpc) is 2.14. The van der Waals surface area contributed by atoms with E-state index in [1.54, 1.807) is 20.1 Å². The van der Waals surface area contributed by atoms with Crippen molar-refractivity contribution in [1.29, 1.82) is 0 Å². The van der Waals surface area contributed by atoms with Crippen molar-refractivity contribution in [1.82, 2.24) is 0 Å². The lowest BCUT2D eigenvalue weighted by Crippen LogP contribution is -2.14. The molecule has 0 fully saturated rings. The second kappa shape index (κ2) is 4.64. The fraction of sp³-hybridized carbons (Fsp3) is 0.538. The van der Waals surface area contributed by atoms with Crippen LogP contribution in [0.15, 0.2) is 12.1 Å². The molecular formula is C13H19ClO2. The van der Waals surface area contributed by atoms with Crippen molar-refractivity contribution < 1.29 is 9.84 Å². The van der Waals surface area contributed by atoms with Crippen LogP contribution in [0.25, 0.3) is 0 Å². The molecule has 0 heterocycles. The quantitative estimate of drug-likeness (QED) is 0.857. The molecule has 0 bridgehead atoms. The van der Waals surface area contributed by atoms with E-state index >= 15 is 0 Å².